The molecule has 0 spiro atoms. The van der Waals surface area contributed by atoms with Gasteiger partial charge in [0, 0.05) is 15.9 Å². The first-order valence-corrected chi connectivity index (χ1v) is 7.65. The van der Waals surface area contributed by atoms with Crippen LogP contribution in [0.1, 0.15) is 31.2 Å². The van der Waals surface area contributed by atoms with Crippen molar-refractivity contribution in [1.29, 1.82) is 0 Å². The number of benzene rings is 1. The predicted molar refractivity (Wildman–Crippen MR) is 76.9 cm³/mol. The van der Waals surface area contributed by atoms with E-state index in [1.54, 1.807) is 0 Å². The van der Waals surface area contributed by atoms with Crippen LogP contribution in [-0.4, -0.2) is 25.8 Å². The molecule has 1 atom stereocenters. The van der Waals surface area contributed by atoms with Crippen molar-refractivity contribution >= 4 is 15.9 Å². The van der Waals surface area contributed by atoms with E-state index in [0.717, 1.165) is 13.2 Å². The average molecular weight is 310 g/mol. The Morgan fingerprint density at radius 3 is 2.83 bits per heavy atom. The van der Waals surface area contributed by atoms with Crippen LogP contribution >= 0.6 is 15.9 Å². The molecule has 1 aromatic carbocycles. The van der Waals surface area contributed by atoms with Crippen molar-refractivity contribution in [3.63, 3.8) is 0 Å². The number of piperidine rings is 1. The quantitative estimate of drug-likeness (QED) is 0.925. The topological polar surface area (TPSA) is 21.3 Å². The molecule has 98 valence electrons. The summed E-state index contributed by atoms with van der Waals surface area (Å²) >= 11 is 3.58. The molecule has 0 radical (unpaired) electrons. The highest BCUT2D eigenvalue weighted by atomic mass is 79.9. The second-order valence-electron chi connectivity index (χ2n) is 5.63. The number of hydrogen-bond donors (Lipinski definition) is 1. The van der Waals surface area contributed by atoms with Gasteiger partial charge in [-0.15, -0.1) is 0 Å². The first kappa shape index (κ1) is 12.6. The minimum Gasteiger partial charge on any atom is -0.379 e. The highest BCUT2D eigenvalue weighted by Gasteiger charge is 2.42. The van der Waals surface area contributed by atoms with E-state index in [-0.39, 0.29) is 5.41 Å². The third-order valence-electron chi connectivity index (χ3n) is 4.24. The van der Waals surface area contributed by atoms with Gasteiger partial charge in [-0.1, -0.05) is 34.5 Å². The highest BCUT2D eigenvalue weighted by Crippen LogP contribution is 2.38. The van der Waals surface area contributed by atoms with Gasteiger partial charge in [-0.25, -0.2) is 0 Å². The summed E-state index contributed by atoms with van der Waals surface area (Å²) in [7, 11) is 0. The minimum atomic E-state index is 0.249. The zero-order valence-corrected chi connectivity index (χ0v) is 12.2. The summed E-state index contributed by atoms with van der Waals surface area (Å²) in [4.78, 5) is 0. The molecule has 0 aromatic heterocycles. The first-order chi connectivity index (χ1) is 8.78. The molecule has 0 amide bonds. The highest BCUT2D eigenvalue weighted by molar-refractivity contribution is 9.10. The van der Waals surface area contributed by atoms with Gasteiger partial charge in [-0.05, 0) is 43.5 Å². The van der Waals surface area contributed by atoms with Crippen molar-refractivity contribution in [1.82, 2.24) is 5.32 Å². The largest absolute Gasteiger partial charge is 0.379 e. The first-order valence-electron chi connectivity index (χ1n) is 6.86. The molecule has 2 heterocycles. The Morgan fingerprint density at radius 2 is 2.22 bits per heavy atom. The number of rotatable bonds is 3. The molecule has 2 nitrogen and oxygen atoms in total. The van der Waals surface area contributed by atoms with Crippen LogP contribution in [0.15, 0.2) is 28.7 Å². The van der Waals surface area contributed by atoms with Crippen molar-refractivity contribution in [3.05, 3.63) is 34.3 Å². The number of nitrogens with one attached hydrogen (secondary N) is 1. The minimum absolute atomic E-state index is 0.249. The molecule has 0 saturated carbocycles. The zero-order chi connectivity index (χ0) is 12.4. The molecule has 1 N–H and O–H groups in total. The maximum atomic E-state index is 5.53. The van der Waals surface area contributed by atoms with E-state index in [9.17, 15) is 0 Å². The van der Waals surface area contributed by atoms with Crippen molar-refractivity contribution < 1.29 is 4.74 Å². The van der Waals surface area contributed by atoms with E-state index >= 15 is 0 Å². The van der Waals surface area contributed by atoms with Crippen molar-refractivity contribution in [2.24, 2.45) is 0 Å². The summed E-state index contributed by atoms with van der Waals surface area (Å²) in [5, 5.41) is 3.66. The van der Waals surface area contributed by atoms with Crippen LogP contribution in [0, 0.1) is 0 Å². The van der Waals surface area contributed by atoms with Gasteiger partial charge >= 0.3 is 0 Å². The van der Waals surface area contributed by atoms with Crippen LogP contribution < -0.4 is 5.32 Å². The molecular weight excluding hydrogens is 290 g/mol. The predicted octanol–water partition coefficient (Wildman–Crippen LogP) is 3.25. The Labute approximate surface area is 117 Å². The van der Waals surface area contributed by atoms with Crippen LogP contribution in [-0.2, 0) is 10.2 Å². The van der Waals surface area contributed by atoms with Crippen molar-refractivity contribution in [2.75, 3.05) is 19.8 Å². The van der Waals surface area contributed by atoms with Crippen LogP contribution in [0.2, 0.25) is 0 Å². The number of halogens is 1. The Hall–Kier alpha value is -0.380. The van der Waals surface area contributed by atoms with Gasteiger partial charge in [-0.2, -0.15) is 0 Å². The van der Waals surface area contributed by atoms with Crippen LogP contribution in [0.25, 0.3) is 0 Å². The molecular formula is C15H20BrNO. The number of hydrogen-bond acceptors (Lipinski definition) is 2. The maximum Gasteiger partial charge on any atom is 0.0586 e. The van der Waals surface area contributed by atoms with E-state index in [0.29, 0.717) is 6.04 Å². The Morgan fingerprint density at radius 1 is 1.33 bits per heavy atom. The van der Waals surface area contributed by atoms with Gasteiger partial charge < -0.3 is 10.1 Å². The monoisotopic (exact) mass is 309 g/mol. The molecule has 18 heavy (non-hydrogen) atoms. The molecule has 0 bridgehead atoms. The summed E-state index contributed by atoms with van der Waals surface area (Å²) < 4.78 is 6.70. The summed E-state index contributed by atoms with van der Waals surface area (Å²) in [6.45, 7) is 2.93. The van der Waals surface area contributed by atoms with E-state index < -0.39 is 0 Å². The summed E-state index contributed by atoms with van der Waals surface area (Å²) in [6.07, 6.45) is 5.23. The summed E-state index contributed by atoms with van der Waals surface area (Å²) in [5.41, 5.74) is 1.68. The molecule has 0 aliphatic carbocycles. The Kier molecular flexibility index (Phi) is 3.73. The normalized spacial score (nSPS) is 26.6. The van der Waals surface area contributed by atoms with Gasteiger partial charge in [0.2, 0.25) is 0 Å². The van der Waals surface area contributed by atoms with Gasteiger partial charge in [0.05, 0.1) is 13.2 Å². The SMILES string of the molecule is Brc1cccc(C2(CC3CCCCN3)COC2)c1. The third-order valence-corrected chi connectivity index (χ3v) is 4.74. The molecule has 3 heteroatoms. The van der Waals surface area contributed by atoms with Crippen molar-refractivity contribution in [3.8, 4) is 0 Å². The van der Waals surface area contributed by atoms with E-state index in [4.69, 9.17) is 4.74 Å². The number of ether oxygens (including phenoxy) is 1. The third kappa shape index (κ3) is 2.49. The fourth-order valence-corrected chi connectivity index (χ4v) is 3.54. The maximum absolute atomic E-state index is 5.53. The fourth-order valence-electron chi connectivity index (χ4n) is 3.14. The molecule has 3 rings (SSSR count). The Balaban J connectivity index is 1.77. The average Bonchev–Trinajstić information content (AvgIpc) is 2.35. The van der Waals surface area contributed by atoms with Gasteiger partial charge in [-0.3, -0.25) is 0 Å². The summed E-state index contributed by atoms with van der Waals surface area (Å²) in [5.74, 6) is 0. The van der Waals surface area contributed by atoms with Gasteiger partial charge in [0.25, 0.3) is 0 Å². The molecule has 2 fully saturated rings. The second-order valence-corrected chi connectivity index (χ2v) is 6.55. The molecule has 1 aromatic rings. The fraction of sp³-hybridized carbons (Fsp3) is 0.600. The van der Waals surface area contributed by atoms with E-state index in [1.165, 1.54) is 42.3 Å². The van der Waals surface area contributed by atoms with E-state index in [2.05, 4.69) is 45.5 Å². The van der Waals surface area contributed by atoms with Crippen LogP contribution in [0.5, 0.6) is 0 Å². The lowest BCUT2D eigenvalue weighted by Gasteiger charge is -2.45. The lowest BCUT2D eigenvalue weighted by atomic mass is 9.73. The van der Waals surface area contributed by atoms with Gasteiger partial charge in [0.15, 0.2) is 0 Å². The van der Waals surface area contributed by atoms with Crippen LogP contribution in [0.3, 0.4) is 0 Å². The molecule has 2 aliphatic rings. The molecule has 2 aliphatic heterocycles. The lowest BCUT2D eigenvalue weighted by molar-refractivity contribution is -0.0696. The second kappa shape index (κ2) is 5.32. The lowest BCUT2D eigenvalue weighted by Crippen LogP contribution is -2.51. The van der Waals surface area contributed by atoms with Crippen LogP contribution in [0.4, 0.5) is 0 Å². The molecule has 1 unspecified atom stereocenters. The van der Waals surface area contributed by atoms with Gasteiger partial charge in [0.1, 0.15) is 0 Å². The standard InChI is InChI=1S/C15H20BrNO/c16-13-5-3-4-12(8-13)15(10-18-11-15)9-14-6-1-2-7-17-14/h3-5,8,14,17H,1-2,6-7,9-11H2. The Bertz CT molecular complexity index is 411. The van der Waals surface area contributed by atoms with E-state index in [1.807, 2.05) is 0 Å². The molecule has 2 saturated heterocycles. The summed E-state index contributed by atoms with van der Waals surface area (Å²) in [6, 6.07) is 9.40. The zero-order valence-electron chi connectivity index (χ0n) is 10.6. The smallest absolute Gasteiger partial charge is 0.0586 e. The van der Waals surface area contributed by atoms with Crippen molar-refractivity contribution in [2.45, 2.75) is 37.1 Å².